The molecule has 0 saturated heterocycles. The van der Waals surface area contributed by atoms with E-state index in [-0.39, 0.29) is 5.41 Å². The monoisotopic (exact) mass is 520 g/mol. The second kappa shape index (κ2) is 8.05. The molecule has 0 atom stereocenters. The molecule has 8 aromatic carbocycles. The summed E-state index contributed by atoms with van der Waals surface area (Å²) in [5.74, 6) is 0. The van der Waals surface area contributed by atoms with Gasteiger partial charge in [0.2, 0.25) is 0 Å². The molecule has 1 aliphatic carbocycles. The third kappa shape index (κ3) is 3.11. The zero-order valence-corrected chi connectivity index (χ0v) is 23.2. The van der Waals surface area contributed by atoms with Crippen molar-refractivity contribution in [1.29, 1.82) is 0 Å². The molecule has 0 N–H and O–H groups in total. The van der Waals surface area contributed by atoms with Crippen molar-refractivity contribution in [2.24, 2.45) is 0 Å². The standard InChI is InChI=1S/C41H28/c1-41(2)37-23-29(32-12-6-8-25-7-3-4-11-31(25)32)17-20-34(37)35-21-18-30(24-38(35)41)33-19-15-28-14-13-26-9-5-10-27-16-22-36(33)40(28)39(26)27/h3-24H,1-2H3. The van der Waals surface area contributed by atoms with Crippen molar-refractivity contribution in [2.75, 3.05) is 0 Å². The van der Waals surface area contributed by atoms with Crippen LogP contribution in [-0.2, 0) is 5.41 Å². The SMILES string of the molecule is CC1(C)c2cc(-c3cccc4ccccc34)ccc2-c2ccc(-c3ccc4ccc5cccc6ccc3c4c56)cc21. The first-order chi connectivity index (χ1) is 20.1. The highest BCUT2D eigenvalue weighted by Gasteiger charge is 2.36. The quantitative estimate of drug-likeness (QED) is 0.199. The minimum Gasteiger partial charge on any atom is -0.0616 e. The van der Waals surface area contributed by atoms with Crippen LogP contribution in [0.25, 0.3) is 76.5 Å². The van der Waals surface area contributed by atoms with Gasteiger partial charge in [0, 0.05) is 5.41 Å². The molecule has 0 spiro atoms. The predicted octanol–water partition coefficient (Wildman–Crippen LogP) is 11.4. The minimum atomic E-state index is -0.0922. The van der Waals surface area contributed by atoms with Crippen LogP contribution in [0.4, 0.5) is 0 Å². The van der Waals surface area contributed by atoms with Gasteiger partial charge in [-0.05, 0) is 99.7 Å². The number of rotatable bonds is 2. The van der Waals surface area contributed by atoms with Gasteiger partial charge in [-0.2, -0.15) is 0 Å². The summed E-state index contributed by atoms with van der Waals surface area (Å²) in [6.07, 6.45) is 0. The number of fused-ring (bicyclic) bond motifs is 4. The maximum atomic E-state index is 2.46. The average molecular weight is 521 g/mol. The van der Waals surface area contributed by atoms with Crippen molar-refractivity contribution in [3.05, 3.63) is 145 Å². The van der Waals surface area contributed by atoms with Gasteiger partial charge in [0.25, 0.3) is 0 Å². The van der Waals surface area contributed by atoms with Crippen molar-refractivity contribution in [1.82, 2.24) is 0 Å². The fourth-order valence-electron chi connectivity index (χ4n) is 7.54. The Bertz CT molecular complexity index is 2310. The molecule has 0 fully saturated rings. The second-order valence-electron chi connectivity index (χ2n) is 12.1. The van der Waals surface area contributed by atoms with E-state index in [9.17, 15) is 0 Å². The van der Waals surface area contributed by atoms with Crippen LogP contribution in [0.3, 0.4) is 0 Å². The summed E-state index contributed by atoms with van der Waals surface area (Å²) in [6.45, 7) is 4.77. The summed E-state index contributed by atoms with van der Waals surface area (Å²) >= 11 is 0. The number of hydrogen-bond donors (Lipinski definition) is 0. The molecule has 0 saturated carbocycles. The van der Waals surface area contributed by atoms with Crippen molar-refractivity contribution in [3.8, 4) is 33.4 Å². The maximum Gasteiger partial charge on any atom is 0.0159 e. The number of benzene rings is 8. The van der Waals surface area contributed by atoms with Gasteiger partial charge < -0.3 is 0 Å². The highest BCUT2D eigenvalue weighted by Crippen LogP contribution is 2.51. The van der Waals surface area contributed by atoms with Gasteiger partial charge >= 0.3 is 0 Å². The molecule has 0 radical (unpaired) electrons. The van der Waals surface area contributed by atoms with E-state index in [4.69, 9.17) is 0 Å². The van der Waals surface area contributed by atoms with E-state index in [0.717, 1.165) is 0 Å². The topological polar surface area (TPSA) is 0 Å². The summed E-state index contributed by atoms with van der Waals surface area (Å²) in [5.41, 5.74) is 10.6. The van der Waals surface area contributed by atoms with E-state index in [1.165, 1.54) is 87.6 Å². The van der Waals surface area contributed by atoms with Gasteiger partial charge in [0.15, 0.2) is 0 Å². The lowest BCUT2D eigenvalue weighted by Gasteiger charge is -2.23. The molecule has 0 heteroatoms. The van der Waals surface area contributed by atoms with Crippen molar-refractivity contribution >= 4 is 43.1 Å². The fraction of sp³-hybridized carbons (Fsp3) is 0.0732. The van der Waals surface area contributed by atoms with Crippen LogP contribution in [0.5, 0.6) is 0 Å². The fourth-order valence-corrected chi connectivity index (χ4v) is 7.54. The van der Waals surface area contributed by atoms with Crippen molar-refractivity contribution < 1.29 is 0 Å². The zero-order valence-electron chi connectivity index (χ0n) is 23.2. The Labute approximate surface area is 239 Å². The molecular weight excluding hydrogens is 492 g/mol. The first-order valence-corrected chi connectivity index (χ1v) is 14.5. The Hall–Kier alpha value is -4.94. The van der Waals surface area contributed by atoms with E-state index >= 15 is 0 Å². The zero-order chi connectivity index (χ0) is 27.3. The Morgan fingerprint density at radius 2 is 0.878 bits per heavy atom. The molecule has 0 unspecified atom stereocenters. The molecular formula is C41H28. The molecule has 0 heterocycles. The normalized spacial score (nSPS) is 13.8. The van der Waals surface area contributed by atoms with Crippen LogP contribution in [0.1, 0.15) is 25.0 Å². The molecule has 1 aliphatic rings. The minimum absolute atomic E-state index is 0.0922. The maximum absolute atomic E-state index is 2.46. The summed E-state index contributed by atoms with van der Waals surface area (Å²) in [6, 6.07) is 49.9. The van der Waals surface area contributed by atoms with Crippen LogP contribution in [0.15, 0.2) is 133 Å². The number of hydrogen-bond acceptors (Lipinski definition) is 0. The van der Waals surface area contributed by atoms with Gasteiger partial charge in [-0.25, -0.2) is 0 Å². The Balaban J connectivity index is 1.21. The van der Waals surface area contributed by atoms with Gasteiger partial charge in [-0.3, -0.25) is 0 Å². The summed E-state index contributed by atoms with van der Waals surface area (Å²) in [7, 11) is 0. The van der Waals surface area contributed by atoms with E-state index < -0.39 is 0 Å². The Morgan fingerprint density at radius 1 is 0.366 bits per heavy atom. The lowest BCUT2D eigenvalue weighted by Crippen LogP contribution is -2.15. The van der Waals surface area contributed by atoms with Crippen LogP contribution in [0, 0.1) is 0 Å². The van der Waals surface area contributed by atoms with Crippen LogP contribution in [-0.4, -0.2) is 0 Å². The smallest absolute Gasteiger partial charge is 0.0159 e. The Morgan fingerprint density at radius 3 is 1.61 bits per heavy atom. The van der Waals surface area contributed by atoms with Crippen molar-refractivity contribution in [3.63, 3.8) is 0 Å². The van der Waals surface area contributed by atoms with Gasteiger partial charge in [-0.15, -0.1) is 0 Å². The van der Waals surface area contributed by atoms with Crippen LogP contribution < -0.4 is 0 Å². The molecule has 41 heavy (non-hydrogen) atoms. The molecule has 0 bridgehead atoms. The second-order valence-corrected chi connectivity index (χ2v) is 12.1. The molecule has 9 rings (SSSR count). The van der Waals surface area contributed by atoms with E-state index in [1.807, 2.05) is 0 Å². The highest BCUT2D eigenvalue weighted by molar-refractivity contribution is 6.25. The third-order valence-electron chi connectivity index (χ3n) is 9.62. The molecule has 8 aromatic rings. The van der Waals surface area contributed by atoms with Gasteiger partial charge in [-0.1, -0.05) is 135 Å². The predicted molar refractivity (Wildman–Crippen MR) is 176 cm³/mol. The molecule has 0 aromatic heterocycles. The van der Waals surface area contributed by atoms with E-state index in [2.05, 4.69) is 147 Å². The third-order valence-corrected chi connectivity index (χ3v) is 9.62. The average Bonchev–Trinajstić information content (AvgIpc) is 3.24. The summed E-state index contributed by atoms with van der Waals surface area (Å²) < 4.78 is 0. The van der Waals surface area contributed by atoms with Crippen molar-refractivity contribution in [2.45, 2.75) is 19.3 Å². The van der Waals surface area contributed by atoms with E-state index in [1.54, 1.807) is 0 Å². The lowest BCUT2D eigenvalue weighted by atomic mass is 9.80. The Kier molecular flexibility index (Phi) is 4.49. The first-order valence-electron chi connectivity index (χ1n) is 14.5. The molecule has 192 valence electrons. The van der Waals surface area contributed by atoms with E-state index in [0.29, 0.717) is 0 Å². The molecule has 0 aliphatic heterocycles. The highest BCUT2D eigenvalue weighted by atomic mass is 14.4. The summed E-state index contributed by atoms with van der Waals surface area (Å²) in [5, 5.41) is 10.6. The van der Waals surface area contributed by atoms with Gasteiger partial charge in [0.05, 0.1) is 0 Å². The molecule has 0 amide bonds. The van der Waals surface area contributed by atoms with Crippen LogP contribution in [0.2, 0.25) is 0 Å². The molecule has 0 nitrogen and oxygen atoms in total. The largest absolute Gasteiger partial charge is 0.0616 e. The van der Waals surface area contributed by atoms with Gasteiger partial charge in [0.1, 0.15) is 0 Å². The lowest BCUT2D eigenvalue weighted by molar-refractivity contribution is 0.661. The van der Waals surface area contributed by atoms with Crippen LogP contribution >= 0.6 is 0 Å². The first kappa shape index (κ1) is 22.8. The summed E-state index contributed by atoms with van der Waals surface area (Å²) in [4.78, 5) is 0.